The van der Waals surface area contributed by atoms with Gasteiger partial charge in [0.05, 0.1) is 6.54 Å². The monoisotopic (exact) mass is 318 g/mol. The normalized spacial score (nSPS) is 13.0. The summed E-state index contributed by atoms with van der Waals surface area (Å²) in [6.45, 7) is 7.05. The quantitative estimate of drug-likeness (QED) is 0.509. The highest BCUT2D eigenvalue weighted by atomic mass is 16.1. The molecule has 0 spiro atoms. The minimum absolute atomic E-state index is 0.0966. The summed E-state index contributed by atoms with van der Waals surface area (Å²) in [7, 11) is 1.62. The van der Waals surface area contributed by atoms with Crippen LogP contribution in [0.4, 0.5) is 0 Å². The van der Waals surface area contributed by atoms with Gasteiger partial charge in [0, 0.05) is 18.7 Å². The molecule has 1 unspecified atom stereocenters. The van der Waals surface area contributed by atoms with E-state index < -0.39 is 0 Å². The lowest BCUT2D eigenvalue weighted by molar-refractivity contribution is 0.0963. The maximum absolute atomic E-state index is 11.6. The van der Waals surface area contributed by atoms with Gasteiger partial charge in [-0.05, 0) is 37.0 Å². The predicted octanol–water partition coefficient (Wildman–Crippen LogP) is 2.67. The van der Waals surface area contributed by atoms with Crippen molar-refractivity contribution in [2.24, 2.45) is 16.6 Å². The zero-order valence-corrected chi connectivity index (χ0v) is 14.7. The molecule has 0 saturated heterocycles. The topological polar surface area (TPSA) is 79.5 Å². The smallest absolute Gasteiger partial charge is 0.251 e. The van der Waals surface area contributed by atoms with Gasteiger partial charge in [-0.2, -0.15) is 0 Å². The van der Waals surface area contributed by atoms with Crippen LogP contribution >= 0.6 is 0 Å². The molecule has 5 heteroatoms. The second kappa shape index (κ2) is 9.87. The number of nitrogens with one attached hydrogen (secondary N) is 2. The molecule has 1 atom stereocenters. The number of guanidine groups is 1. The van der Waals surface area contributed by atoms with Crippen LogP contribution in [0.2, 0.25) is 0 Å². The van der Waals surface area contributed by atoms with Crippen LogP contribution in [0.3, 0.4) is 0 Å². The molecule has 23 heavy (non-hydrogen) atoms. The number of carbonyl (C=O) groups is 1. The van der Waals surface area contributed by atoms with Crippen molar-refractivity contribution in [1.82, 2.24) is 10.6 Å². The molecule has 128 valence electrons. The van der Waals surface area contributed by atoms with Gasteiger partial charge >= 0.3 is 0 Å². The van der Waals surface area contributed by atoms with E-state index in [0.29, 0.717) is 24.1 Å². The van der Waals surface area contributed by atoms with Crippen molar-refractivity contribution in [3.63, 3.8) is 0 Å². The molecule has 1 amide bonds. The second-order valence-corrected chi connectivity index (χ2v) is 6.35. The van der Waals surface area contributed by atoms with E-state index in [1.807, 2.05) is 18.2 Å². The molecule has 0 aliphatic rings. The molecule has 0 aromatic heterocycles. The lowest BCUT2D eigenvalue weighted by atomic mass is 10.0. The Morgan fingerprint density at radius 3 is 2.65 bits per heavy atom. The number of carbonyl (C=O) groups excluding carboxylic acids is 1. The van der Waals surface area contributed by atoms with Gasteiger partial charge < -0.3 is 16.4 Å². The highest BCUT2D eigenvalue weighted by Crippen LogP contribution is 2.09. The average molecular weight is 318 g/mol. The summed E-state index contributed by atoms with van der Waals surface area (Å²) in [6, 6.07) is 7.73. The van der Waals surface area contributed by atoms with Crippen LogP contribution in [0.5, 0.6) is 0 Å². The van der Waals surface area contributed by atoms with Gasteiger partial charge in [-0.3, -0.25) is 4.79 Å². The molecule has 0 heterocycles. The molecule has 0 aliphatic carbocycles. The Bertz CT molecular complexity index is 526. The van der Waals surface area contributed by atoms with Gasteiger partial charge in [0.25, 0.3) is 5.91 Å². The Morgan fingerprint density at radius 1 is 1.26 bits per heavy atom. The maximum atomic E-state index is 11.6. The van der Waals surface area contributed by atoms with E-state index in [1.54, 1.807) is 13.1 Å². The zero-order chi connectivity index (χ0) is 17.2. The molecule has 1 aromatic carbocycles. The summed E-state index contributed by atoms with van der Waals surface area (Å²) in [5.41, 5.74) is 7.53. The van der Waals surface area contributed by atoms with Gasteiger partial charge in [-0.15, -0.1) is 0 Å². The van der Waals surface area contributed by atoms with Gasteiger partial charge in [0.2, 0.25) is 0 Å². The number of amides is 1. The standard InChI is InChI=1S/C18H30N4O/c1-13(2)7-5-8-14(3)22-18(19)21-12-15-9-6-10-16(11-15)17(23)20-4/h6,9-11,13-14H,5,7-8,12H2,1-4H3,(H,20,23)(H3,19,21,22). The van der Waals surface area contributed by atoms with Crippen LogP contribution in [0.25, 0.3) is 0 Å². The Morgan fingerprint density at radius 2 is 2.00 bits per heavy atom. The van der Waals surface area contributed by atoms with E-state index in [0.717, 1.165) is 17.9 Å². The molecule has 0 aliphatic heterocycles. The van der Waals surface area contributed by atoms with Crippen LogP contribution in [0, 0.1) is 5.92 Å². The van der Waals surface area contributed by atoms with Crippen LogP contribution < -0.4 is 16.4 Å². The molecule has 0 saturated carbocycles. The lowest BCUT2D eigenvalue weighted by Crippen LogP contribution is -2.38. The number of benzene rings is 1. The summed E-state index contributed by atoms with van der Waals surface area (Å²) in [5, 5.41) is 5.84. The molecule has 1 aromatic rings. The first-order valence-electron chi connectivity index (χ1n) is 8.29. The number of nitrogens with zero attached hydrogens (tertiary/aromatic N) is 1. The Balaban J connectivity index is 2.48. The minimum Gasteiger partial charge on any atom is -0.370 e. The van der Waals surface area contributed by atoms with Gasteiger partial charge in [0.15, 0.2) is 5.96 Å². The van der Waals surface area contributed by atoms with Crippen molar-refractivity contribution in [2.75, 3.05) is 7.05 Å². The Labute approximate surface area is 139 Å². The van der Waals surface area contributed by atoms with Crippen LogP contribution in [0.15, 0.2) is 29.3 Å². The lowest BCUT2D eigenvalue weighted by Gasteiger charge is -2.15. The number of aliphatic imine (C=N–C) groups is 1. The molecular formula is C18H30N4O. The van der Waals surface area contributed by atoms with Crippen LogP contribution in [-0.2, 0) is 6.54 Å². The Kier molecular flexibility index (Phi) is 8.16. The third kappa shape index (κ3) is 7.68. The number of rotatable bonds is 8. The fourth-order valence-electron chi connectivity index (χ4n) is 2.33. The zero-order valence-electron chi connectivity index (χ0n) is 14.7. The summed E-state index contributed by atoms with van der Waals surface area (Å²) in [6.07, 6.45) is 3.50. The van der Waals surface area contributed by atoms with Crippen molar-refractivity contribution in [3.05, 3.63) is 35.4 Å². The predicted molar refractivity (Wildman–Crippen MR) is 96.4 cm³/mol. The highest BCUT2D eigenvalue weighted by molar-refractivity contribution is 5.94. The first kappa shape index (κ1) is 19.0. The minimum atomic E-state index is -0.0966. The van der Waals surface area contributed by atoms with E-state index in [1.165, 1.54) is 12.8 Å². The number of nitrogens with two attached hydrogens (primary N) is 1. The second-order valence-electron chi connectivity index (χ2n) is 6.35. The summed E-state index contributed by atoms with van der Waals surface area (Å²) in [5.74, 6) is 1.09. The van der Waals surface area contributed by atoms with E-state index >= 15 is 0 Å². The molecule has 5 nitrogen and oxygen atoms in total. The molecule has 4 N–H and O–H groups in total. The third-order valence-electron chi connectivity index (χ3n) is 3.66. The first-order chi connectivity index (χ1) is 10.9. The number of hydrogen-bond acceptors (Lipinski definition) is 2. The van der Waals surface area contributed by atoms with Crippen molar-refractivity contribution in [3.8, 4) is 0 Å². The molecule has 0 bridgehead atoms. The SMILES string of the molecule is CNC(=O)c1cccc(CN=C(N)NC(C)CCCC(C)C)c1. The van der Waals surface area contributed by atoms with Crippen molar-refractivity contribution < 1.29 is 4.79 Å². The van der Waals surface area contributed by atoms with Crippen LogP contribution in [0.1, 0.15) is 56.0 Å². The van der Waals surface area contributed by atoms with Crippen molar-refractivity contribution in [2.45, 2.75) is 52.6 Å². The summed E-state index contributed by atoms with van der Waals surface area (Å²) in [4.78, 5) is 16.0. The van der Waals surface area contributed by atoms with E-state index in [2.05, 4.69) is 36.4 Å². The largest absolute Gasteiger partial charge is 0.370 e. The van der Waals surface area contributed by atoms with E-state index in [4.69, 9.17) is 5.73 Å². The fourth-order valence-corrected chi connectivity index (χ4v) is 2.33. The van der Waals surface area contributed by atoms with Gasteiger partial charge in [0.1, 0.15) is 0 Å². The summed E-state index contributed by atoms with van der Waals surface area (Å²) < 4.78 is 0. The van der Waals surface area contributed by atoms with E-state index in [9.17, 15) is 4.79 Å². The third-order valence-corrected chi connectivity index (χ3v) is 3.66. The van der Waals surface area contributed by atoms with Crippen LogP contribution in [-0.4, -0.2) is 25.0 Å². The highest BCUT2D eigenvalue weighted by Gasteiger charge is 2.05. The number of hydrogen-bond donors (Lipinski definition) is 3. The first-order valence-corrected chi connectivity index (χ1v) is 8.29. The fraction of sp³-hybridized carbons (Fsp3) is 0.556. The molecule has 0 fully saturated rings. The average Bonchev–Trinajstić information content (AvgIpc) is 2.52. The van der Waals surface area contributed by atoms with Gasteiger partial charge in [-0.25, -0.2) is 4.99 Å². The summed E-state index contributed by atoms with van der Waals surface area (Å²) >= 11 is 0. The molecule has 0 radical (unpaired) electrons. The Hall–Kier alpha value is -2.04. The van der Waals surface area contributed by atoms with Crippen molar-refractivity contribution in [1.29, 1.82) is 0 Å². The van der Waals surface area contributed by atoms with Gasteiger partial charge in [-0.1, -0.05) is 38.8 Å². The molecule has 1 rings (SSSR count). The van der Waals surface area contributed by atoms with E-state index in [-0.39, 0.29) is 5.91 Å². The van der Waals surface area contributed by atoms with Crippen molar-refractivity contribution >= 4 is 11.9 Å². The molecular weight excluding hydrogens is 288 g/mol. The maximum Gasteiger partial charge on any atom is 0.251 e.